The molecule has 1 aliphatic heterocycles. The van der Waals surface area contributed by atoms with Gasteiger partial charge >= 0.3 is 0 Å². The smallest absolute Gasteiger partial charge is 0.254 e. The van der Waals surface area contributed by atoms with Crippen molar-refractivity contribution in [3.8, 4) is 23.0 Å². The van der Waals surface area contributed by atoms with Crippen LogP contribution in [-0.2, 0) is 4.79 Å². The zero-order valence-corrected chi connectivity index (χ0v) is 18.4. The van der Waals surface area contributed by atoms with E-state index in [4.69, 9.17) is 15.2 Å². The summed E-state index contributed by atoms with van der Waals surface area (Å²) in [6, 6.07) is 16.6. The first kappa shape index (κ1) is 22.1. The fourth-order valence-corrected chi connectivity index (χ4v) is 3.72. The van der Waals surface area contributed by atoms with E-state index in [2.05, 4.69) is 11.6 Å². The molecule has 2 amide bonds. The van der Waals surface area contributed by atoms with E-state index in [1.54, 1.807) is 35.2 Å². The molecule has 2 heterocycles. The maximum atomic E-state index is 11.9. The van der Waals surface area contributed by atoms with E-state index in [9.17, 15) is 9.59 Å². The monoisotopic (exact) mass is 443 g/mol. The van der Waals surface area contributed by atoms with Crippen LogP contribution in [0.1, 0.15) is 34.0 Å². The second kappa shape index (κ2) is 9.56. The molecule has 1 saturated heterocycles. The van der Waals surface area contributed by atoms with Crippen molar-refractivity contribution < 1.29 is 19.1 Å². The van der Waals surface area contributed by atoms with Gasteiger partial charge in [-0.1, -0.05) is 24.3 Å². The Bertz CT molecular complexity index is 1170. The average Bonchev–Trinajstić information content (AvgIpc) is 3.31. The van der Waals surface area contributed by atoms with Crippen molar-refractivity contribution in [3.63, 3.8) is 0 Å². The van der Waals surface area contributed by atoms with Crippen LogP contribution in [0.15, 0.2) is 73.4 Å². The fraction of sp³-hybridized carbons (Fsp3) is 0.192. The third-order valence-corrected chi connectivity index (χ3v) is 5.55. The molecule has 168 valence electrons. The lowest BCUT2D eigenvalue weighted by molar-refractivity contribution is -0.125. The van der Waals surface area contributed by atoms with Gasteiger partial charge in [0.2, 0.25) is 5.91 Å². The maximum absolute atomic E-state index is 11.9. The summed E-state index contributed by atoms with van der Waals surface area (Å²) < 4.78 is 11.8. The standard InChI is InChI=1S/C26H25N3O4/c1-3-25(30)29-13-12-18(16-29)23-14-24(22(15-28-23)26(27)31)33-21-10-8-20(9-11-21)32-19-6-4-17(2)5-7-19/h3-11,14-15,18H,1,12-13,16H2,2H3,(H2,27,31). The molecule has 2 N–H and O–H groups in total. The van der Waals surface area contributed by atoms with Crippen LogP contribution in [0.5, 0.6) is 23.0 Å². The van der Waals surface area contributed by atoms with Crippen molar-refractivity contribution in [1.82, 2.24) is 9.88 Å². The molecule has 0 bridgehead atoms. The van der Waals surface area contributed by atoms with Crippen molar-refractivity contribution in [3.05, 3.63) is 90.3 Å². The van der Waals surface area contributed by atoms with Crippen molar-refractivity contribution in [2.75, 3.05) is 13.1 Å². The lowest BCUT2D eigenvalue weighted by Gasteiger charge is -2.16. The summed E-state index contributed by atoms with van der Waals surface area (Å²) in [6.07, 6.45) is 3.51. The summed E-state index contributed by atoms with van der Waals surface area (Å²) in [7, 11) is 0. The predicted molar refractivity (Wildman–Crippen MR) is 125 cm³/mol. The lowest BCUT2D eigenvalue weighted by Crippen LogP contribution is -2.26. The first-order valence-corrected chi connectivity index (χ1v) is 10.7. The molecule has 1 aliphatic rings. The molecular weight excluding hydrogens is 418 g/mol. The summed E-state index contributed by atoms with van der Waals surface area (Å²) >= 11 is 0. The molecule has 1 unspecified atom stereocenters. The van der Waals surface area contributed by atoms with E-state index in [0.29, 0.717) is 30.3 Å². The van der Waals surface area contributed by atoms with Gasteiger partial charge in [0.15, 0.2) is 0 Å². The van der Waals surface area contributed by atoms with Gasteiger partial charge < -0.3 is 20.1 Å². The number of likely N-dealkylation sites (tertiary alicyclic amines) is 1. The lowest BCUT2D eigenvalue weighted by atomic mass is 10.0. The Morgan fingerprint density at radius 3 is 2.27 bits per heavy atom. The van der Waals surface area contributed by atoms with Crippen LogP contribution in [0.2, 0.25) is 0 Å². The number of rotatable bonds is 7. The molecule has 1 aromatic heterocycles. The Kier molecular flexibility index (Phi) is 6.40. The Morgan fingerprint density at radius 1 is 1.06 bits per heavy atom. The number of benzene rings is 2. The Morgan fingerprint density at radius 2 is 1.67 bits per heavy atom. The second-order valence-corrected chi connectivity index (χ2v) is 7.93. The van der Waals surface area contributed by atoms with Crippen LogP contribution < -0.4 is 15.2 Å². The molecule has 0 spiro atoms. The minimum absolute atomic E-state index is 0.0449. The van der Waals surface area contributed by atoms with Crippen molar-refractivity contribution in [1.29, 1.82) is 0 Å². The molecule has 7 heteroatoms. The number of amides is 2. The van der Waals surface area contributed by atoms with E-state index in [0.717, 1.165) is 23.4 Å². The quantitative estimate of drug-likeness (QED) is 0.540. The molecule has 1 atom stereocenters. The number of aryl methyl sites for hydroxylation is 1. The highest BCUT2D eigenvalue weighted by Crippen LogP contribution is 2.33. The Hall–Kier alpha value is -4.13. The normalized spacial score (nSPS) is 15.2. The second-order valence-electron chi connectivity index (χ2n) is 7.93. The van der Waals surface area contributed by atoms with Gasteiger partial charge in [0.05, 0.1) is 0 Å². The average molecular weight is 444 g/mol. The van der Waals surface area contributed by atoms with E-state index >= 15 is 0 Å². The van der Waals surface area contributed by atoms with Crippen LogP contribution in [0.4, 0.5) is 0 Å². The van der Waals surface area contributed by atoms with E-state index in [1.165, 1.54) is 12.3 Å². The summed E-state index contributed by atoms with van der Waals surface area (Å²) in [6.45, 7) is 6.73. The molecule has 2 aromatic carbocycles. The van der Waals surface area contributed by atoms with Crippen molar-refractivity contribution in [2.45, 2.75) is 19.3 Å². The summed E-state index contributed by atoms with van der Waals surface area (Å²) in [5.74, 6) is 1.57. The number of hydrogen-bond donors (Lipinski definition) is 1. The maximum Gasteiger partial charge on any atom is 0.254 e. The van der Waals surface area contributed by atoms with Gasteiger partial charge in [-0.05, 0) is 55.8 Å². The van der Waals surface area contributed by atoms with E-state index in [1.807, 2.05) is 31.2 Å². The number of primary amides is 1. The zero-order chi connectivity index (χ0) is 23.4. The summed E-state index contributed by atoms with van der Waals surface area (Å²) in [4.78, 5) is 30.0. The molecular formula is C26H25N3O4. The number of nitrogens with zero attached hydrogens (tertiary/aromatic N) is 2. The predicted octanol–water partition coefficient (Wildman–Crippen LogP) is 4.58. The van der Waals surface area contributed by atoms with Crippen LogP contribution in [-0.4, -0.2) is 34.8 Å². The third kappa shape index (κ3) is 5.20. The Labute approximate surface area is 192 Å². The highest BCUT2D eigenvalue weighted by molar-refractivity contribution is 5.95. The van der Waals surface area contributed by atoms with Gasteiger partial charge in [-0.2, -0.15) is 0 Å². The van der Waals surface area contributed by atoms with Crippen molar-refractivity contribution in [2.24, 2.45) is 5.73 Å². The summed E-state index contributed by atoms with van der Waals surface area (Å²) in [5.41, 5.74) is 7.62. The molecule has 0 saturated carbocycles. The Balaban J connectivity index is 1.51. The van der Waals surface area contributed by atoms with Crippen LogP contribution in [0, 0.1) is 6.92 Å². The highest BCUT2D eigenvalue weighted by atomic mass is 16.5. The van der Waals surface area contributed by atoms with Crippen LogP contribution in [0.25, 0.3) is 0 Å². The van der Waals surface area contributed by atoms with Gasteiger partial charge in [0.1, 0.15) is 28.6 Å². The van der Waals surface area contributed by atoms with Gasteiger partial charge in [-0.15, -0.1) is 0 Å². The van der Waals surface area contributed by atoms with Gasteiger partial charge in [0, 0.05) is 37.0 Å². The third-order valence-electron chi connectivity index (χ3n) is 5.55. The largest absolute Gasteiger partial charge is 0.457 e. The number of carbonyl (C=O) groups excluding carboxylic acids is 2. The molecule has 33 heavy (non-hydrogen) atoms. The molecule has 0 aliphatic carbocycles. The number of hydrogen-bond acceptors (Lipinski definition) is 5. The number of carbonyl (C=O) groups is 2. The first-order valence-electron chi connectivity index (χ1n) is 10.7. The van der Waals surface area contributed by atoms with Gasteiger partial charge in [-0.3, -0.25) is 14.6 Å². The fourth-order valence-electron chi connectivity index (χ4n) is 3.72. The first-order chi connectivity index (χ1) is 15.9. The minimum atomic E-state index is -0.627. The summed E-state index contributed by atoms with van der Waals surface area (Å²) in [5, 5.41) is 0. The van der Waals surface area contributed by atoms with Gasteiger partial charge in [-0.25, -0.2) is 0 Å². The topological polar surface area (TPSA) is 94.8 Å². The highest BCUT2D eigenvalue weighted by Gasteiger charge is 2.28. The van der Waals surface area contributed by atoms with Crippen LogP contribution >= 0.6 is 0 Å². The molecule has 4 rings (SSSR count). The van der Waals surface area contributed by atoms with Gasteiger partial charge in [0.25, 0.3) is 5.91 Å². The molecule has 0 radical (unpaired) electrons. The minimum Gasteiger partial charge on any atom is -0.457 e. The number of ether oxygens (including phenoxy) is 2. The van der Waals surface area contributed by atoms with Crippen LogP contribution in [0.3, 0.4) is 0 Å². The van der Waals surface area contributed by atoms with Crippen molar-refractivity contribution >= 4 is 11.8 Å². The van der Waals surface area contributed by atoms with E-state index < -0.39 is 5.91 Å². The molecule has 1 fully saturated rings. The van der Waals surface area contributed by atoms with E-state index in [-0.39, 0.29) is 17.4 Å². The molecule has 7 nitrogen and oxygen atoms in total. The number of pyridine rings is 1. The number of nitrogens with two attached hydrogens (primary N) is 1. The number of aromatic nitrogens is 1. The SMILES string of the molecule is C=CC(=O)N1CCC(c2cc(Oc3ccc(Oc4ccc(C)cc4)cc3)c(C(N)=O)cn2)C1. The molecule has 3 aromatic rings. The zero-order valence-electron chi connectivity index (χ0n) is 18.4.